The zero-order chi connectivity index (χ0) is 17.1. The van der Waals surface area contributed by atoms with Gasteiger partial charge in [-0.3, -0.25) is 14.5 Å². The van der Waals surface area contributed by atoms with Crippen molar-refractivity contribution < 1.29 is 4.79 Å². The van der Waals surface area contributed by atoms with Crippen LogP contribution in [0.4, 0.5) is 5.82 Å². The van der Waals surface area contributed by atoms with Gasteiger partial charge in [-0.2, -0.15) is 5.10 Å². The average molecular weight is 414 g/mol. The fourth-order valence-corrected chi connectivity index (χ4v) is 3.41. The number of fused-ring (bicyclic) bond motifs is 1. The molecule has 2 aliphatic rings. The molecule has 2 aromatic heterocycles. The van der Waals surface area contributed by atoms with Crippen molar-refractivity contribution in [1.82, 2.24) is 30.0 Å². The Balaban J connectivity index is 0.00000131. The molecule has 2 aliphatic heterocycles. The molecule has 4 heterocycles. The number of carbonyl (C=O) groups excluding carboxylic acids is 1. The zero-order valence-electron chi connectivity index (χ0n) is 15.1. The molecule has 0 radical (unpaired) electrons. The lowest BCUT2D eigenvalue weighted by Crippen LogP contribution is -2.49. The van der Waals surface area contributed by atoms with E-state index in [-0.39, 0.29) is 30.7 Å². The summed E-state index contributed by atoms with van der Waals surface area (Å²) in [4.78, 5) is 25.0. The third-order valence-electron chi connectivity index (χ3n) is 4.82. The van der Waals surface area contributed by atoms with Crippen molar-refractivity contribution in [1.29, 1.82) is 0 Å². The Hall–Kier alpha value is -1.90. The topological polar surface area (TPSA) is 79.2 Å². The summed E-state index contributed by atoms with van der Waals surface area (Å²) in [6.45, 7) is 5.81. The SMILES string of the molecule is Cl.Cl.O=C(CCc1cc2n(n1)CCNC2)N1CCN(c2cnccn2)CC1. The number of hydrogen-bond acceptors (Lipinski definition) is 6. The van der Waals surface area contributed by atoms with Crippen LogP contribution >= 0.6 is 24.8 Å². The van der Waals surface area contributed by atoms with Crippen molar-refractivity contribution in [3.8, 4) is 0 Å². The van der Waals surface area contributed by atoms with Gasteiger partial charge in [0, 0.05) is 64.5 Å². The molecule has 0 saturated carbocycles. The summed E-state index contributed by atoms with van der Waals surface area (Å²) in [5.41, 5.74) is 2.23. The van der Waals surface area contributed by atoms with E-state index < -0.39 is 0 Å². The maximum absolute atomic E-state index is 12.5. The number of aromatic nitrogens is 4. The highest BCUT2D eigenvalue weighted by Crippen LogP contribution is 2.14. The molecule has 1 amide bonds. The number of amides is 1. The summed E-state index contributed by atoms with van der Waals surface area (Å²) < 4.78 is 2.05. The van der Waals surface area contributed by atoms with E-state index in [1.165, 1.54) is 5.69 Å². The summed E-state index contributed by atoms with van der Waals surface area (Å²) in [5.74, 6) is 1.09. The van der Waals surface area contributed by atoms with Crippen molar-refractivity contribution in [3.05, 3.63) is 36.0 Å². The molecular weight excluding hydrogens is 389 g/mol. The van der Waals surface area contributed by atoms with Crippen molar-refractivity contribution in [3.63, 3.8) is 0 Å². The van der Waals surface area contributed by atoms with E-state index in [0.717, 1.165) is 57.3 Å². The number of piperazine rings is 1. The second-order valence-corrected chi connectivity index (χ2v) is 6.46. The van der Waals surface area contributed by atoms with Crippen LogP contribution in [0.1, 0.15) is 17.8 Å². The summed E-state index contributed by atoms with van der Waals surface area (Å²) >= 11 is 0. The molecule has 0 spiro atoms. The monoisotopic (exact) mass is 413 g/mol. The van der Waals surface area contributed by atoms with Crippen LogP contribution in [0.25, 0.3) is 0 Å². The highest BCUT2D eigenvalue weighted by atomic mass is 35.5. The first-order valence-corrected chi connectivity index (χ1v) is 8.85. The van der Waals surface area contributed by atoms with Crippen molar-refractivity contribution >= 4 is 36.5 Å². The number of carbonyl (C=O) groups is 1. The molecule has 0 aliphatic carbocycles. The van der Waals surface area contributed by atoms with Gasteiger partial charge in [-0.1, -0.05) is 0 Å². The van der Waals surface area contributed by atoms with Crippen LogP contribution in [0.15, 0.2) is 24.7 Å². The van der Waals surface area contributed by atoms with Gasteiger partial charge < -0.3 is 15.1 Å². The van der Waals surface area contributed by atoms with E-state index in [1.807, 2.05) is 4.90 Å². The Kier molecular flexibility index (Phi) is 7.82. The summed E-state index contributed by atoms with van der Waals surface area (Å²) in [5, 5.41) is 7.94. The minimum Gasteiger partial charge on any atom is -0.352 e. The Morgan fingerprint density at radius 1 is 1.11 bits per heavy atom. The Bertz CT molecular complexity index is 709. The molecule has 27 heavy (non-hydrogen) atoms. The molecule has 4 rings (SSSR count). The van der Waals surface area contributed by atoms with Gasteiger partial charge in [0.1, 0.15) is 5.82 Å². The number of nitrogens with one attached hydrogen (secondary N) is 1. The summed E-state index contributed by atoms with van der Waals surface area (Å²) in [7, 11) is 0. The lowest BCUT2D eigenvalue weighted by atomic mass is 10.2. The molecule has 1 fully saturated rings. The second-order valence-electron chi connectivity index (χ2n) is 6.46. The van der Waals surface area contributed by atoms with Crippen molar-refractivity contribution in [2.75, 3.05) is 37.6 Å². The zero-order valence-corrected chi connectivity index (χ0v) is 16.7. The van der Waals surface area contributed by atoms with Gasteiger partial charge >= 0.3 is 0 Å². The minimum atomic E-state index is 0. The number of halogens is 2. The van der Waals surface area contributed by atoms with Crippen LogP contribution in [0.5, 0.6) is 0 Å². The van der Waals surface area contributed by atoms with Crippen LogP contribution < -0.4 is 10.2 Å². The molecule has 8 nitrogen and oxygen atoms in total. The standard InChI is InChI=1S/C17H23N7O.2ClH/c25-17(2-1-14-11-15-12-19-5-6-24(15)21-14)23-9-7-22(8-10-23)16-13-18-3-4-20-16;;/h3-4,11,13,19H,1-2,5-10,12H2;2*1H. The van der Waals surface area contributed by atoms with Gasteiger partial charge in [0.05, 0.1) is 24.1 Å². The number of hydrogen-bond donors (Lipinski definition) is 1. The van der Waals surface area contributed by atoms with Gasteiger partial charge in [-0.15, -0.1) is 24.8 Å². The van der Waals surface area contributed by atoms with Crippen molar-refractivity contribution in [2.45, 2.75) is 25.9 Å². The lowest BCUT2D eigenvalue weighted by Gasteiger charge is -2.35. The number of rotatable bonds is 4. The Morgan fingerprint density at radius 2 is 1.93 bits per heavy atom. The molecule has 0 unspecified atom stereocenters. The fraction of sp³-hybridized carbons (Fsp3) is 0.529. The predicted molar refractivity (Wildman–Crippen MR) is 108 cm³/mol. The molecule has 0 aromatic carbocycles. The summed E-state index contributed by atoms with van der Waals surface area (Å²) in [6.07, 6.45) is 6.38. The average Bonchev–Trinajstić information content (AvgIpc) is 3.10. The van der Waals surface area contributed by atoms with E-state index >= 15 is 0 Å². The van der Waals surface area contributed by atoms with Crippen LogP contribution in [0.3, 0.4) is 0 Å². The molecule has 148 valence electrons. The molecule has 1 saturated heterocycles. The van der Waals surface area contributed by atoms with Gasteiger partial charge in [0.2, 0.25) is 5.91 Å². The third-order valence-corrected chi connectivity index (χ3v) is 4.82. The maximum atomic E-state index is 12.5. The third kappa shape index (κ3) is 5.09. The van der Waals surface area contributed by atoms with Crippen LogP contribution in [0, 0.1) is 0 Å². The van der Waals surface area contributed by atoms with Gasteiger partial charge in [-0.05, 0) is 6.07 Å². The minimum absolute atomic E-state index is 0. The Morgan fingerprint density at radius 3 is 2.63 bits per heavy atom. The smallest absolute Gasteiger partial charge is 0.223 e. The second kappa shape index (κ2) is 9.87. The number of aryl methyl sites for hydroxylation is 1. The van der Waals surface area contributed by atoms with Crippen LogP contribution in [-0.4, -0.2) is 63.3 Å². The van der Waals surface area contributed by atoms with E-state index in [9.17, 15) is 4.79 Å². The Labute approximate surface area is 171 Å². The van der Waals surface area contributed by atoms with Crippen LogP contribution in [-0.2, 0) is 24.3 Å². The fourth-order valence-electron chi connectivity index (χ4n) is 3.41. The van der Waals surface area contributed by atoms with Gasteiger partial charge in [-0.25, -0.2) is 4.98 Å². The quantitative estimate of drug-likeness (QED) is 0.801. The largest absolute Gasteiger partial charge is 0.352 e. The van der Waals surface area contributed by atoms with Crippen LogP contribution in [0.2, 0.25) is 0 Å². The molecule has 2 aromatic rings. The lowest BCUT2D eigenvalue weighted by molar-refractivity contribution is -0.131. The van der Waals surface area contributed by atoms with E-state index in [2.05, 4.69) is 36.0 Å². The molecule has 0 atom stereocenters. The first-order valence-electron chi connectivity index (χ1n) is 8.85. The highest BCUT2D eigenvalue weighted by Gasteiger charge is 2.22. The summed E-state index contributed by atoms with van der Waals surface area (Å²) in [6, 6.07) is 2.12. The molecule has 10 heteroatoms. The van der Waals surface area contributed by atoms with E-state index in [4.69, 9.17) is 0 Å². The van der Waals surface area contributed by atoms with Crippen molar-refractivity contribution in [2.24, 2.45) is 0 Å². The first-order chi connectivity index (χ1) is 12.3. The molecule has 0 bridgehead atoms. The van der Waals surface area contributed by atoms with Gasteiger partial charge in [0.25, 0.3) is 0 Å². The predicted octanol–water partition coefficient (Wildman–Crippen LogP) is 0.901. The number of anilines is 1. The van der Waals surface area contributed by atoms with E-state index in [1.54, 1.807) is 18.6 Å². The first kappa shape index (κ1) is 21.4. The maximum Gasteiger partial charge on any atom is 0.223 e. The normalized spacial score (nSPS) is 16.1. The molecular formula is C17H25Cl2N7O. The molecule has 1 N–H and O–H groups in total. The number of nitrogens with zero attached hydrogens (tertiary/aromatic N) is 6. The van der Waals surface area contributed by atoms with Gasteiger partial charge in [0.15, 0.2) is 0 Å². The highest BCUT2D eigenvalue weighted by molar-refractivity contribution is 5.85. The van der Waals surface area contributed by atoms with E-state index in [0.29, 0.717) is 12.8 Å².